The van der Waals surface area contributed by atoms with E-state index in [0.717, 1.165) is 27.9 Å². The van der Waals surface area contributed by atoms with E-state index in [1.165, 1.54) is 0 Å². The van der Waals surface area contributed by atoms with Gasteiger partial charge in [0.25, 0.3) is 0 Å². The Morgan fingerprint density at radius 2 is 2.00 bits per heavy atom. The number of ether oxygens (including phenoxy) is 1. The highest BCUT2D eigenvalue weighted by Gasteiger charge is 2.06. The highest BCUT2D eigenvalue weighted by Crippen LogP contribution is 2.25. The van der Waals surface area contributed by atoms with E-state index in [-0.39, 0.29) is 0 Å². The number of hydrogen-bond donors (Lipinski definition) is 0. The molecule has 0 aliphatic carbocycles. The average molecular weight is 285 g/mol. The summed E-state index contributed by atoms with van der Waals surface area (Å²) in [6.45, 7) is 2.34. The number of aromatic nitrogens is 2. The molecule has 0 aliphatic rings. The Labute approximate surface area is 122 Å². The lowest BCUT2D eigenvalue weighted by Gasteiger charge is -2.09. The van der Waals surface area contributed by atoms with Gasteiger partial charge in [0, 0.05) is 22.8 Å². The van der Waals surface area contributed by atoms with Crippen LogP contribution in [-0.2, 0) is 6.61 Å². The molecule has 0 atom stereocenters. The van der Waals surface area contributed by atoms with Crippen molar-refractivity contribution in [2.24, 2.45) is 0 Å². The maximum absolute atomic E-state index is 6.03. The molecule has 0 spiro atoms. The van der Waals surface area contributed by atoms with Gasteiger partial charge in [-0.05, 0) is 25.1 Å². The Hall–Kier alpha value is -2.13. The van der Waals surface area contributed by atoms with Gasteiger partial charge < -0.3 is 4.74 Å². The molecule has 0 bridgehead atoms. The van der Waals surface area contributed by atoms with Crippen molar-refractivity contribution in [3.63, 3.8) is 0 Å². The van der Waals surface area contributed by atoms with Gasteiger partial charge in [0.05, 0.1) is 0 Å². The minimum atomic E-state index is 0.376. The Kier molecular flexibility index (Phi) is 3.52. The lowest BCUT2D eigenvalue weighted by atomic mass is 10.2. The van der Waals surface area contributed by atoms with E-state index in [1.54, 1.807) is 6.20 Å². The van der Waals surface area contributed by atoms with E-state index in [1.807, 2.05) is 49.4 Å². The third-order valence-electron chi connectivity index (χ3n) is 3.04. The number of hydrogen-bond acceptors (Lipinski definition) is 3. The quantitative estimate of drug-likeness (QED) is 0.677. The fourth-order valence-corrected chi connectivity index (χ4v) is 2.19. The molecule has 1 aromatic carbocycles. The first kappa shape index (κ1) is 12.9. The fraction of sp³-hybridized carbons (Fsp3) is 0.125. The van der Waals surface area contributed by atoms with Crippen LogP contribution in [0, 0.1) is 6.92 Å². The van der Waals surface area contributed by atoms with Crippen LogP contribution in [-0.4, -0.2) is 9.97 Å². The van der Waals surface area contributed by atoms with E-state index >= 15 is 0 Å². The number of fused-ring (bicyclic) bond motifs is 1. The van der Waals surface area contributed by atoms with E-state index in [0.29, 0.717) is 11.8 Å². The Morgan fingerprint density at radius 3 is 2.85 bits per heavy atom. The Bertz CT molecular complexity index is 758. The number of rotatable bonds is 3. The zero-order valence-corrected chi connectivity index (χ0v) is 11.8. The van der Waals surface area contributed by atoms with Crippen LogP contribution in [0.2, 0.25) is 5.15 Å². The van der Waals surface area contributed by atoms with Gasteiger partial charge in [-0.2, -0.15) is 0 Å². The van der Waals surface area contributed by atoms with Crippen LogP contribution in [0.15, 0.2) is 48.7 Å². The highest BCUT2D eigenvalue weighted by atomic mass is 35.5. The monoisotopic (exact) mass is 284 g/mol. The third-order valence-corrected chi connectivity index (χ3v) is 3.38. The first-order chi connectivity index (χ1) is 9.74. The predicted molar refractivity (Wildman–Crippen MR) is 80.1 cm³/mol. The SMILES string of the molecule is Cc1ccc2cccc(OCc3cccnc3Cl)c2n1. The van der Waals surface area contributed by atoms with Gasteiger partial charge in [0.2, 0.25) is 0 Å². The van der Waals surface area contributed by atoms with E-state index < -0.39 is 0 Å². The summed E-state index contributed by atoms with van der Waals surface area (Å²) in [6.07, 6.45) is 1.66. The second-order valence-electron chi connectivity index (χ2n) is 4.52. The van der Waals surface area contributed by atoms with Crippen molar-refractivity contribution in [3.05, 3.63) is 65.1 Å². The number of nitrogens with zero attached hydrogens (tertiary/aromatic N) is 2. The summed E-state index contributed by atoms with van der Waals surface area (Å²) in [5.74, 6) is 0.756. The summed E-state index contributed by atoms with van der Waals surface area (Å²) < 4.78 is 5.85. The molecule has 0 saturated heterocycles. The Balaban J connectivity index is 1.91. The second-order valence-corrected chi connectivity index (χ2v) is 4.88. The number of benzene rings is 1. The average Bonchev–Trinajstić information content (AvgIpc) is 2.46. The zero-order valence-electron chi connectivity index (χ0n) is 11.0. The summed E-state index contributed by atoms with van der Waals surface area (Å²) >= 11 is 6.03. The number of pyridine rings is 2. The number of para-hydroxylation sites is 1. The van der Waals surface area contributed by atoms with Gasteiger partial charge in [-0.15, -0.1) is 0 Å². The molecule has 3 rings (SSSR count). The fourth-order valence-electron chi connectivity index (χ4n) is 2.02. The molecule has 0 fully saturated rings. The molecule has 2 aromatic heterocycles. The van der Waals surface area contributed by atoms with E-state index in [9.17, 15) is 0 Å². The van der Waals surface area contributed by atoms with E-state index in [2.05, 4.69) is 9.97 Å². The highest BCUT2D eigenvalue weighted by molar-refractivity contribution is 6.30. The van der Waals surface area contributed by atoms with Crippen molar-refractivity contribution in [2.45, 2.75) is 13.5 Å². The maximum atomic E-state index is 6.03. The molecule has 0 amide bonds. The van der Waals surface area contributed by atoms with Gasteiger partial charge in [-0.1, -0.05) is 35.9 Å². The van der Waals surface area contributed by atoms with Crippen molar-refractivity contribution in [1.82, 2.24) is 9.97 Å². The lowest BCUT2D eigenvalue weighted by Crippen LogP contribution is -1.98. The van der Waals surface area contributed by atoms with Crippen LogP contribution in [0.25, 0.3) is 10.9 Å². The van der Waals surface area contributed by atoms with Gasteiger partial charge in [0.1, 0.15) is 23.0 Å². The van der Waals surface area contributed by atoms with Gasteiger partial charge in [-0.25, -0.2) is 9.97 Å². The summed E-state index contributed by atoms with van der Waals surface area (Å²) in [4.78, 5) is 8.57. The molecule has 0 N–H and O–H groups in total. The molecule has 100 valence electrons. The third kappa shape index (κ3) is 2.58. The van der Waals surface area contributed by atoms with Gasteiger partial charge >= 0.3 is 0 Å². The van der Waals surface area contributed by atoms with Crippen molar-refractivity contribution in [1.29, 1.82) is 0 Å². The van der Waals surface area contributed by atoms with Crippen LogP contribution < -0.4 is 4.74 Å². The molecule has 0 radical (unpaired) electrons. The van der Waals surface area contributed by atoms with Crippen LogP contribution in [0.3, 0.4) is 0 Å². The summed E-state index contributed by atoms with van der Waals surface area (Å²) in [6, 6.07) is 13.7. The molecule has 4 heteroatoms. The molecule has 3 aromatic rings. The molecular formula is C16H13ClN2O. The topological polar surface area (TPSA) is 35.0 Å². The zero-order chi connectivity index (χ0) is 13.9. The standard InChI is InChI=1S/C16H13ClN2O/c1-11-7-8-12-4-2-6-14(15(12)19-11)20-10-13-5-3-9-18-16(13)17/h2-9H,10H2,1H3. The van der Waals surface area contributed by atoms with E-state index in [4.69, 9.17) is 16.3 Å². The summed E-state index contributed by atoms with van der Waals surface area (Å²) in [5.41, 5.74) is 2.69. The van der Waals surface area contributed by atoms with Crippen molar-refractivity contribution in [2.75, 3.05) is 0 Å². The largest absolute Gasteiger partial charge is 0.487 e. The normalized spacial score (nSPS) is 10.7. The maximum Gasteiger partial charge on any atom is 0.146 e. The molecule has 0 aliphatic heterocycles. The molecule has 20 heavy (non-hydrogen) atoms. The minimum Gasteiger partial charge on any atom is -0.487 e. The predicted octanol–water partition coefficient (Wildman–Crippen LogP) is 4.17. The molecule has 0 unspecified atom stereocenters. The summed E-state index contributed by atoms with van der Waals surface area (Å²) in [7, 11) is 0. The van der Waals surface area contributed by atoms with Crippen LogP contribution in [0.4, 0.5) is 0 Å². The second kappa shape index (κ2) is 5.47. The molecule has 2 heterocycles. The van der Waals surface area contributed by atoms with Crippen molar-refractivity contribution >= 4 is 22.5 Å². The minimum absolute atomic E-state index is 0.376. The summed E-state index contributed by atoms with van der Waals surface area (Å²) in [5, 5.41) is 1.53. The van der Waals surface area contributed by atoms with Crippen molar-refractivity contribution < 1.29 is 4.74 Å². The van der Waals surface area contributed by atoms with Gasteiger partial charge in [0.15, 0.2) is 0 Å². The first-order valence-electron chi connectivity index (χ1n) is 6.32. The number of aryl methyl sites for hydroxylation is 1. The molecule has 0 saturated carbocycles. The number of halogens is 1. The van der Waals surface area contributed by atoms with Crippen LogP contribution in [0.5, 0.6) is 5.75 Å². The smallest absolute Gasteiger partial charge is 0.146 e. The van der Waals surface area contributed by atoms with Crippen LogP contribution >= 0.6 is 11.6 Å². The van der Waals surface area contributed by atoms with Gasteiger partial charge in [-0.3, -0.25) is 0 Å². The van der Waals surface area contributed by atoms with Crippen molar-refractivity contribution in [3.8, 4) is 5.75 Å². The Morgan fingerprint density at radius 1 is 1.10 bits per heavy atom. The lowest BCUT2D eigenvalue weighted by molar-refractivity contribution is 0.309. The first-order valence-corrected chi connectivity index (χ1v) is 6.70. The molecule has 3 nitrogen and oxygen atoms in total. The van der Waals surface area contributed by atoms with Crippen LogP contribution in [0.1, 0.15) is 11.3 Å². The molecular weight excluding hydrogens is 272 g/mol.